The summed E-state index contributed by atoms with van der Waals surface area (Å²) in [6.07, 6.45) is 0.304. The number of thiophene rings is 1. The molecule has 0 radical (unpaired) electrons. The SMILES string of the molecule is Cc1ccsc1C(=O)NC1(C(=O)O)CCOC1. The minimum Gasteiger partial charge on any atom is -0.479 e. The van der Waals surface area contributed by atoms with E-state index in [0.29, 0.717) is 17.9 Å². The van der Waals surface area contributed by atoms with E-state index in [4.69, 9.17) is 4.74 Å². The molecule has 17 heavy (non-hydrogen) atoms. The summed E-state index contributed by atoms with van der Waals surface area (Å²) in [6, 6.07) is 1.83. The smallest absolute Gasteiger partial charge is 0.331 e. The van der Waals surface area contributed by atoms with E-state index in [1.54, 1.807) is 0 Å². The van der Waals surface area contributed by atoms with Crippen LogP contribution in [-0.4, -0.2) is 35.7 Å². The highest BCUT2D eigenvalue weighted by atomic mass is 32.1. The molecule has 2 heterocycles. The molecule has 5 nitrogen and oxygen atoms in total. The lowest BCUT2D eigenvalue weighted by atomic mass is 9.99. The number of carbonyl (C=O) groups excluding carboxylic acids is 1. The average Bonchev–Trinajstić information content (AvgIpc) is 2.87. The molecule has 6 heteroatoms. The van der Waals surface area contributed by atoms with E-state index < -0.39 is 11.5 Å². The average molecular weight is 255 g/mol. The van der Waals surface area contributed by atoms with E-state index in [-0.39, 0.29) is 12.5 Å². The molecule has 2 N–H and O–H groups in total. The van der Waals surface area contributed by atoms with E-state index in [1.807, 2.05) is 18.4 Å². The fourth-order valence-corrected chi connectivity index (χ4v) is 2.59. The van der Waals surface area contributed by atoms with Crippen LogP contribution in [-0.2, 0) is 9.53 Å². The molecule has 0 aliphatic carbocycles. The van der Waals surface area contributed by atoms with Gasteiger partial charge in [-0.15, -0.1) is 11.3 Å². The fraction of sp³-hybridized carbons (Fsp3) is 0.455. The molecule has 1 aliphatic rings. The summed E-state index contributed by atoms with van der Waals surface area (Å²) in [5.41, 5.74) is -0.417. The summed E-state index contributed by atoms with van der Waals surface area (Å²) >= 11 is 1.31. The zero-order valence-corrected chi connectivity index (χ0v) is 10.2. The summed E-state index contributed by atoms with van der Waals surface area (Å²) in [4.78, 5) is 23.7. The van der Waals surface area contributed by atoms with Crippen LogP contribution in [0.5, 0.6) is 0 Å². The minimum absolute atomic E-state index is 0.0263. The van der Waals surface area contributed by atoms with E-state index in [1.165, 1.54) is 11.3 Å². The number of carboxylic acids is 1. The Balaban J connectivity index is 2.17. The van der Waals surface area contributed by atoms with Gasteiger partial charge in [0, 0.05) is 13.0 Å². The lowest BCUT2D eigenvalue weighted by Crippen LogP contribution is -2.55. The van der Waals surface area contributed by atoms with Gasteiger partial charge in [-0.2, -0.15) is 0 Å². The molecule has 92 valence electrons. The van der Waals surface area contributed by atoms with E-state index in [2.05, 4.69) is 5.32 Å². The highest BCUT2D eigenvalue weighted by Crippen LogP contribution is 2.22. The van der Waals surface area contributed by atoms with Crippen LogP contribution in [0.3, 0.4) is 0 Å². The van der Waals surface area contributed by atoms with Gasteiger partial charge in [0.15, 0.2) is 5.54 Å². The van der Waals surface area contributed by atoms with Crippen LogP contribution < -0.4 is 5.32 Å². The van der Waals surface area contributed by atoms with Crippen LogP contribution in [0.4, 0.5) is 0 Å². The second-order valence-corrected chi connectivity index (χ2v) is 4.99. The molecule has 1 aromatic rings. The van der Waals surface area contributed by atoms with Crippen molar-refractivity contribution in [3.63, 3.8) is 0 Å². The van der Waals surface area contributed by atoms with Crippen molar-refractivity contribution >= 4 is 23.2 Å². The summed E-state index contributed by atoms with van der Waals surface area (Å²) < 4.78 is 5.08. The molecule has 1 aromatic heterocycles. The number of rotatable bonds is 3. The van der Waals surface area contributed by atoms with Crippen LogP contribution >= 0.6 is 11.3 Å². The van der Waals surface area contributed by atoms with Gasteiger partial charge in [-0.1, -0.05) is 0 Å². The molecule has 1 unspecified atom stereocenters. The van der Waals surface area contributed by atoms with Gasteiger partial charge in [0.1, 0.15) is 0 Å². The lowest BCUT2D eigenvalue weighted by Gasteiger charge is -2.23. The van der Waals surface area contributed by atoms with Crippen LogP contribution in [0.25, 0.3) is 0 Å². The largest absolute Gasteiger partial charge is 0.479 e. The van der Waals surface area contributed by atoms with Gasteiger partial charge < -0.3 is 15.2 Å². The predicted octanol–water partition coefficient (Wildman–Crippen LogP) is 1.03. The van der Waals surface area contributed by atoms with Crippen molar-refractivity contribution < 1.29 is 19.4 Å². The molecule has 1 aliphatic heterocycles. The number of nitrogens with one attached hydrogen (secondary N) is 1. The Morgan fingerprint density at radius 1 is 1.59 bits per heavy atom. The van der Waals surface area contributed by atoms with E-state index in [9.17, 15) is 14.7 Å². The number of aryl methyl sites for hydroxylation is 1. The van der Waals surface area contributed by atoms with Crippen LogP contribution in [0.15, 0.2) is 11.4 Å². The Morgan fingerprint density at radius 2 is 2.35 bits per heavy atom. The molecule has 1 amide bonds. The van der Waals surface area contributed by atoms with Crippen molar-refractivity contribution in [3.8, 4) is 0 Å². The number of aliphatic carboxylic acids is 1. The van der Waals surface area contributed by atoms with Crippen LogP contribution in [0, 0.1) is 6.92 Å². The maximum absolute atomic E-state index is 12.0. The Kier molecular flexibility index (Phi) is 3.17. The quantitative estimate of drug-likeness (QED) is 0.846. The number of carbonyl (C=O) groups is 2. The molecule has 0 spiro atoms. The molecule has 0 aromatic carbocycles. The van der Waals surface area contributed by atoms with E-state index in [0.717, 1.165) is 5.56 Å². The van der Waals surface area contributed by atoms with Gasteiger partial charge in [0.2, 0.25) is 0 Å². The van der Waals surface area contributed by atoms with Gasteiger partial charge in [0.25, 0.3) is 5.91 Å². The van der Waals surface area contributed by atoms with Crippen LogP contribution in [0.2, 0.25) is 0 Å². The Morgan fingerprint density at radius 3 is 2.82 bits per heavy atom. The van der Waals surface area contributed by atoms with E-state index >= 15 is 0 Å². The van der Waals surface area contributed by atoms with Crippen molar-refractivity contribution in [2.75, 3.05) is 13.2 Å². The zero-order chi connectivity index (χ0) is 12.5. The normalized spacial score (nSPS) is 23.6. The van der Waals surface area contributed by atoms with Crippen molar-refractivity contribution in [1.29, 1.82) is 0 Å². The summed E-state index contributed by atoms with van der Waals surface area (Å²) in [6.45, 7) is 2.21. The molecular formula is C11H13NO4S. The molecule has 1 fully saturated rings. The summed E-state index contributed by atoms with van der Waals surface area (Å²) in [7, 11) is 0. The Bertz CT molecular complexity index is 448. The molecule has 0 saturated carbocycles. The third-order valence-corrected chi connectivity index (χ3v) is 3.87. The van der Waals surface area contributed by atoms with Crippen molar-refractivity contribution in [2.24, 2.45) is 0 Å². The van der Waals surface area contributed by atoms with Crippen molar-refractivity contribution in [2.45, 2.75) is 18.9 Å². The zero-order valence-electron chi connectivity index (χ0n) is 9.36. The van der Waals surface area contributed by atoms with Gasteiger partial charge in [-0.25, -0.2) is 4.79 Å². The lowest BCUT2D eigenvalue weighted by molar-refractivity contribution is -0.144. The Hall–Kier alpha value is -1.40. The molecule has 0 bridgehead atoms. The Labute approximate surface area is 102 Å². The standard InChI is InChI=1S/C11H13NO4S/c1-7-2-5-17-8(7)9(13)12-11(10(14)15)3-4-16-6-11/h2,5H,3-4,6H2,1H3,(H,12,13)(H,14,15). The first-order chi connectivity index (χ1) is 8.05. The highest BCUT2D eigenvalue weighted by Gasteiger charge is 2.44. The molecule has 1 saturated heterocycles. The number of ether oxygens (including phenoxy) is 1. The van der Waals surface area contributed by atoms with Gasteiger partial charge >= 0.3 is 5.97 Å². The second-order valence-electron chi connectivity index (χ2n) is 4.08. The molecule has 2 rings (SSSR count). The topological polar surface area (TPSA) is 75.6 Å². The van der Waals surface area contributed by atoms with Gasteiger partial charge in [-0.05, 0) is 23.9 Å². The summed E-state index contributed by atoms with van der Waals surface area (Å²) in [5, 5.41) is 13.6. The van der Waals surface area contributed by atoms with Crippen molar-refractivity contribution in [1.82, 2.24) is 5.32 Å². The number of hydrogen-bond acceptors (Lipinski definition) is 4. The monoisotopic (exact) mass is 255 g/mol. The highest BCUT2D eigenvalue weighted by molar-refractivity contribution is 7.12. The van der Waals surface area contributed by atoms with Crippen LogP contribution in [0.1, 0.15) is 21.7 Å². The molecular weight excluding hydrogens is 242 g/mol. The fourth-order valence-electron chi connectivity index (χ4n) is 1.77. The third kappa shape index (κ3) is 2.18. The maximum Gasteiger partial charge on any atom is 0.331 e. The minimum atomic E-state index is -1.27. The number of hydrogen-bond donors (Lipinski definition) is 2. The van der Waals surface area contributed by atoms with Gasteiger partial charge in [0.05, 0.1) is 11.5 Å². The number of carboxylic acid groups (broad SMARTS) is 1. The molecule has 1 atom stereocenters. The predicted molar refractivity (Wildman–Crippen MR) is 62.3 cm³/mol. The summed E-state index contributed by atoms with van der Waals surface area (Å²) in [5.74, 6) is -1.39. The van der Waals surface area contributed by atoms with Crippen molar-refractivity contribution in [3.05, 3.63) is 21.9 Å². The second kappa shape index (κ2) is 4.46. The first-order valence-corrected chi connectivity index (χ1v) is 6.11. The first kappa shape index (κ1) is 12.1. The third-order valence-electron chi connectivity index (χ3n) is 2.85. The van der Waals surface area contributed by atoms with Gasteiger partial charge in [-0.3, -0.25) is 4.79 Å². The number of amides is 1. The maximum atomic E-state index is 12.0. The first-order valence-electron chi connectivity index (χ1n) is 5.23.